The molecule has 0 amide bonds. The number of nitrogens with two attached hydrogens (primary N) is 1. The number of rotatable bonds is 5. The molecule has 98 valence electrons. The molecule has 0 atom stereocenters. The molecule has 0 spiro atoms. The van der Waals surface area contributed by atoms with Gasteiger partial charge in [0.15, 0.2) is 0 Å². The Hall–Kier alpha value is -1.98. The summed E-state index contributed by atoms with van der Waals surface area (Å²) in [5, 5.41) is 7.72. The molecule has 0 aliphatic heterocycles. The Bertz CT molecular complexity index is 525. The Morgan fingerprint density at radius 1 is 1.39 bits per heavy atom. The summed E-state index contributed by atoms with van der Waals surface area (Å²) in [5.74, 6) is 1.83. The van der Waals surface area contributed by atoms with Crippen molar-refractivity contribution in [1.29, 1.82) is 0 Å². The molecule has 0 saturated heterocycles. The van der Waals surface area contributed by atoms with Crippen LogP contribution in [-0.2, 0) is 27.1 Å². The highest BCUT2D eigenvalue weighted by Crippen LogP contribution is 2.23. The lowest BCUT2D eigenvalue weighted by Gasteiger charge is -2.07. The van der Waals surface area contributed by atoms with E-state index in [0.717, 1.165) is 35.9 Å². The molecule has 0 unspecified atom stereocenters. The minimum Gasteiger partial charge on any atom is -0.394 e. The summed E-state index contributed by atoms with van der Waals surface area (Å²) < 4.78 is 3.77. The van der Waals surface area contributed by atoms with Crippen LogP contribution in [-0.4, -0.2) is 19.3 Å². The largest absolute Gasteiger partial charge is 0.394 e. The molecule has 2 aromatic heterocycles. The van der Waals surface area contributed by atoms with Crippen molar-refractivity contribution in [2.75, 3.05) is 11.1 Å². The van der Waals surface area contributed by atoms with Crippen LogP contribution in [0.2, 0.25) is 0 Å². The normalized spacial score (nSPS) is 10.8. The monoisotopic (exact) mass is 248 g/mol. The van der Waals surface area contributed by atoms with Gasteiger partial charge < -0.3 is 15.6 Å². The van der Waals surface area contributed by atoms with E-state index in [-0.39, 0.29) is 0 Å². The minimum absolute atomic E-state index is 0.638. The first-order valence-corrected chi connectivity index (χ1v) is 6.15. The van der Waals surface area contributed by atoms with Crippen LogP contribution in [0.25, 0.3) is 0 Å². The van der Waals surface area contributed by atoms with E-state index in [0.29, 0.717) is 6.54 Å². The maximum atomic E-state index is 6.09. The molecule has 0 aliphatic rings. The Morgan fingerprint density at radius 3 is 2.78 bits per heavy atom. The van der Waals surface area contributed by atoms with Gasteiger partial charge in [0.05, 0.1) is 17.9 Å². The number of nitrogens with zero attached hydrogens (tertiary/aromatic N) is 4. The van der Waals surface area contributed by atoms with Crippen LogP contribution in [0.5, 0.6) is 0 Å². The summed E-state index contributed by atoms with van der Waals surface area (Å²) in [7, 11) is 3.87. The Labute approximate surface area is 107 Å². The summed E-state index contributed by atoms with van der Waals surface area (Å²) in [6.45, 7) is 2.76. The number of aromatic nitrogens is 4. The van der Waals surface area contributed by atoms with Crippen molar-refractivity contribution in [2.24, 2.45) is 14.1 Å². The van der Waals surface area contributed by atoms with E-state index in [2.05, 4.69) is 22.3 Å². The van der Waals surface area contributed by atoms with Gasteiger partial charge in [-0.2, -0.15) is 5.10 Å². The van der Waals surface area contributed by atoms with Crippen molar-refractivity contribution in [1.82, 2.24) is 19.3 Å². The fourth-order valence-electron chi connectivity index (χ4n) is 1.96. The summed E-state index contributed by atoms with van der Waals surface area (Å²) >= 11 is 0. The lowest BCUT2D eigenvalue weighted by molar-refractivity contribution is 0.729. The van der Waals surface area contributed by atoms with Crippen molar-refractivity contribution in [3.8, 4) is 0 Å². The maximum Gasteiger partial charge on any atom is 0.148 e. The van der Waals surface area contributed by atoms with E-state index in [1.165, 1.54) is 0 Å². The van der Waals surface area contributed by atoms with Gasteiger partial charge in [-0.05, 0) is 6.42 Å². The molecular weight excluding hydrogens is 228 g/mol. The summed E-state index contributed by atoms with van der Waals surface area (Å²) in [6.07, 6.45) is 5.65. The molecule has 18 heavy (non-hydrogen) atoms. The number of nitrogens with one attached hydrogen (secondary N) is 1. The third kappa shape index (κ3) is 2.32. The number of hydrogen-bond donors (Lipinski definition) is 2. The fraction of sp³-hybridized carbons (Fsp3) is 0.500. The van der Waals surface area contributed by atoms with E-state index in [4.69, 9.17) is 5.73 Å². The van der Waals surface area contributed by atoms with E-state index in [1.807, 2.05) is 24.9 Å². The standard InChI is InChI=1S/C12H20N6/c1-4-5-9-11(13)12(18(3)16-9)15-8-10-14-6-7-17(10)2/h6-7,15H,4-5,8,13H2,1-3H3. The van der Waals surface area contributed by atoms with E-state index in [9.17, 15) is 0 Å². The number of imidazole rings is 1. The maximum absolute atomic E-state index is 6.09. The van der Waals surface area contributed by atoms with Gasteiger partial charge in [0.2, 0.25) is 0 Å². The van der Waals surface area contributed by atoms with Gasteiger partial charge in [-0.1, -0.05) is 13.3 Å². The van der Waals surface area contributed by atoms with Gasteiger partial charge in [0, 0.05) is 26.5 Å². The van der Waals surface area contributed by atoms with Crippen LogP contribution in [0.3, 0.4) is 0 Å². The second kappa shape index (κ2) is 5.12. The molecule has 2 aromatic rings. The zero-order valence-electron chi connectivity index (χ0n) is 11.1. The smallest absolute Gasteiger partial charge is 0.148 e. The molecular formula is C12H20N6. The first-order valence-electron chi connectivity index (χ1n) is 6.15. The lowest BCUT2D eigenvalue weighted by Crippen LogP contribution is -2.09. The summed E-state index contributed by atoms with van der Waals surface area (Å²) in [6, 6.07) is 0. The number of nitrogen functional groups attached to an aromatic ring is 1. The van der Waals surface area contributed by atoms with Crippen LogP contribution in [0.4, 0.5) is 11.5 Å². The highest BCUT2D eigenvalue weighted by Gasteiger charge is 2.12. The number of anilines is 2. The van der Waals surface area contributed by atoms with Crippen LogP contribution in [0.1, 0.15) is 24.9 Å². The zero-order chi connectivity index (χ0) is 13.1. The Balaban J connectivity index is 2.12. The lowest BCUT2D eigenvalue weighted by atomic mass is 10.2. The molecule has 0 fully saturated rings. The van der Waals surface area contributed by atoms with Crippen molar-refractivity contribution in [2.45, 2.75) is 26.3 Å². The molecule has 0 aromatic carbocycles. The number of hydrogen-bond acceptors (Lipinski definition) is 4. The van der Waals surface area contributed by atoms with E-state index in [1.54, 1.807) is 10.9 Å². The molecule has 2 rings (SSSR count). The average molecular weight is 248 g/mol. The van der Waals surface area contributed by atoms with Crippen molar-refractivity contribution in [3.05, 3.63) is 23.9 Å². The minimum atomic E-state index is 0.638. The molecule has 6 nitrogen and oxygen atoms in total. The van der Waals surface area contributed by atoms with Crippen LogP contribution in [0, 0.1) is 0 Å². The number of aryl methyl sites for hydroxylation is 3. The second-order valence-electron chi connectivity index (χ2n) is 4.39. The Kier molecular flexibility index (Phi) is 3.55. The Morgan fingerprint density at radius 2 is 2.17 bits per heavy atom. The first-order chi connectivity index (χ1) is 8.63. The van der Waals surface area contributed by atoms with Crippen LogP contribution in [0.15, 0.2) is 12.4 Å². The molecule has 3 N–H and O–H groups in total. The molecule has 0 radical (unpaired) electrons. The van der Waals surface area contributed by atoms with Gasteiger partial charge in [0.1, 0.15) is 11.6 Å². The third-order valence-electron chi connectivity index (χ3n) is 2.98. The van der Waals surface area contributed by atoms with Gasteiger partial charge >= 0.3 is 0 Å². The van der Waals surface area contributed by atoms with Crippen molar-refractivity contribution in [3.63, 3.8) is 0 Å². The topological polar surface area (TPSA) is 73.7 Å². The third-order valence-corrected chi connectivity index (χ3v) is 2.98. The fourth-order valence-corrected chi connectivity index (χ4v) is 1.96. The molecule has 0 bridgehead atoms. The van der Waals surface area contributed by atoms with Crippen LogP contribution < -0.4 is 11.1 Å². The first kappa shape index (κ1) is 12.5. The summed E-state index contributed by atoms with van der Waals surface area (Å²) in [4.78, 5) is 4.26. The summed E-state index contributed by atoms with van der Waals surface area (Å²) in [5.41, 5.74) is 7.80. The van der Waals surface area contributed by atoms with E-state index >= 15 is 0 Å². The molecule has 0 saturated carbocycles. The van der Waals surface area contributed by atoms with Gasteiger partial charge in [0.25, 0.3) is 0 Å². The predicted octanol–water partition coefficient (Wildman–Crippen LogP) is 1.30. The molecule has 6 heteroatoms. The van der Waals surface area contributed by atoms with Crippen molar-refractivity contribution >= 4 is 11.5 Å². The highest BCUT2D eigenvalue weighted by molar-refractivity contribution is 5.64. The SMILES string of the molecule is CCCc1nn(C)c(NCc2nccn2C)c1N. The van der Waals surface area contributed by atoms with Crippen LogP contribution >= 0.6 is 0 Å². The average Bonchev–Trinajstić information content (AvgIpc) is 2.84. The van der Waals surface area contributed by atoms with E-state index < -0.39 is 0 Å². The van der Waals surface area contributed by atoms with Gasteiger partial charge in [-0.25, -0.2) is 4.98 Å². The van der Waals surface area contributed by atoms with Gasteiger partial charge in [-0.3, -0.25) is 4.68 Å². The zero-order valence-corrected chi connectivity index (χ0v) is 11.1. The molecule has 2 heterocycles. The van der Waals surface area contributed by atoms with Crippen molar-refractivity contribution < 1.29 is 0 Å². The van der Waals surface area contributed by atoms with Gasteiger partial charge in [-0.15, -0.1) is 0 Å². The predicted molar refractivity (Wildman–Crippen MR) is 72.2 cm³/mol. The second-order valence-corrected chi connectivity index (χ2v) is 4.39. The highest BCUT2D eigenvalue weighted by atomic mass is 15.3. The quantitative estimate of drug-likeness (QED) is 0.836. The molecule has 0 aliphatic carbocycles.